The van der Waals surface area contributed by atoms with Gasteiger partial charge >= 0.3 is 0 Å². The van der Waals surface area contributed by atoms with Crippen molar-refractivity contribution in [3.63, 3.8) is 0 Å². The second-order valence-electron chi connectivity index (χ2n) is 8.75. The van der Waals surface area contributed by atoms with Crippen LogP contribution in [0.3, 0.4) is 0 Å². The zero-order chi connectivity index (χ0) is 23.0. The van der Waals surface area contributed by atoms with Crippen molar-refractivity contribution in [1.82, 2.24) is 15.3 Å². The Morgan fingerprint density at radius 1 is 1.06 bits per heavy atom. The number of amides is 1. The number of nitrogens with one attached hydrogen (secondary N) is 1. The van der Waals surface area contributed by atoms with Crippen molar-refractivity contribution in [3.8, 4) is 11.6 Å². The van der Waals surface area contributed by atoms with Gasteiger partial charge in [-0.1, -0.05) is 48.5 Å². The summed E-state index contributed by atoms with van der Waals surface area (Å²) >= 11 is 0. The van der Waals surface area contributed by atoms with Gasteiger partial charge in [-0.2, -0.15) is 0 Å². The molecule has 1 aliphatic heterocycles. The first-order chi connectivity index (χ1) is 16.1. The van der Waals surface area contributed by atoms with Gasteiger partial charge < -0.3 is 15.0 Å². The first-order valence-corrected chi connectivity index (χ1v) is 11.7. The Kier molecular flexibility index (Phi) is 7.55. The monoisotopic (exact) mass is 444 g/mol. The molecule has 6 heteroatoms. The van der Waals surface area contributed by atoms with Crippen LogP contribution < -0.4 is 15.0 Å². The van der Waals surface area contributed by atoms with Gasteiger partial charge in [0, 0.05) is 37.4 Å². The first-order valence-electron chi connectivity index (χ1n) is 11.7. The minimum Gasteiger partial charge on any atom is -0.436 e. The number of rotatable bonds is 8. The van der Waals surface area contributed by atoms with Crippen LogP contribution in [-0.2, 0) is 11.2 Å². The molecule has 33 heavy (non-hydrogen) atoms. The number of para-hydroxylation sites is 1. The van der Waals surface area contributed by atoms with Crippen LogP contribution in [0.2, 0.25) is 0 Å². The van der Waals surface area contributed by atoms with E-state index in [1.165, 1.54) is 5.56 Å². The number of ether oxygens (including phenoxy) is 1. The highest BCUT2D eigenvalue weighted by Crippen LogP contribution is 2.32. The third kappa shape index (κ3) is 6.09. The minimum absolute atomic E-state index is 0.0258. The van der Waals surface area contributed by atoms with Gasteiger partial charge in [0.1, 0.15) is 5.75 Å². The average molecular weight is 445 g/mol. The predicted molar refractivity (Wildman–Crippen MR) is 131 cm³/mol. The molecule has 0 aliphatic carbocycles. The normalized spacial score (nSPS) is 15.2. The molecule has 1 atom stereocenters. The molecular weight excluding hydrogens is 412 g/mol. The minimum atomic E-state index is 0.0258. The average Bonchev–Trinajstić information content (AvgIpc) is 2.85. The van der Waals surface area contributed by atoms with Crippen LogP contribution in [0.15, 0.2) is 67.0 Å². The van der Waals surface area contributed by atoms with Crippen LogP contribution in [-0.4, -0.2) is 35.0 Å². The summed E-state index contributed by atoms with van der Waals surface area (Å²) in [5, 5.41) is 3.21. The highest BCUT2D eigenvalue weighted by Gasteiger charge is 2.28. The van der Waals surface area contributed by atoms with Crippen LogP contribution in [0.4, 0.5) is 5.82 Å². The third-order valence-electron chi connectivity index (χ3n) is 6.21. The molecule has 0 bridgehead atoms. The van der Waals surface area contributed by atoms with Crippen molar-refractivity contribution in [2.75, 3.05) is 18.0 Å². The molecule has 0 unspecified atom stereocenters. The molecule has 1 amide bonds. The Balaban J connectivity index is 1.30. The lowest BCUT2D eigenvalue weighted by Crippen LogP contribution is -2.43. The zero-order valence-corrected chi connectivity index (χ0v) is 19.4. The van der Waals surface area contributed by atoms with Gasteiger partial charge in [-0.3, -0.25) is 4.79 Å². The van der Waals surface area contributed by atoms with Crippen LogP contribution >= 0.6 is 0 Å². The largest absolute Gasteiger partial charge is 0.436 e. The third-order valence-corrected chi connectivity index (χ3v) is 6.21. The van der Waals surface area contributed by atoms with E-state index in [2.05, 4.69) is 51.4 Å². The second kappa shape index (κ2) is 10.9. The van der Waals surface area contributed by atoms with Crippen LogP contribution in [0.5, 0.6) is 11.6 Å². The molecule has 6 nitrogen and oxygen atoms in total. The summed E-state index contributed by atoms with van der Waals surface area (Å²) in [7, 11) is 0. The summed E-state index contributed by atoms with van der Waals surface area (Å²) < 4.78 is 6.09. The van der Waals surface area contributed by atoms with Crippen LogP contribution in [0.25, 0.3) is 0 Å². The summed E-state index contributed by atoms with van der Waals surface area (Å²) in [6, 6.07) is 18.4. The predicted octanol–water partition coefficient (Wildman–Crippen LogP) is 4.93. The number of nitrogens with zero attached hydrogens (tertiary/aromatic N) is 3. The van der Waals surface area contributed by atoms with Crippen molar-refractivity contribution in [2.45, 2.75) is 45.6 Å². The Hall–Kier alpha value is -3.41. The number of piperidine rings is 1. The molecule has 2 heterocycles. The fourth-order valence-corrected chi connectivity index (χ4v) is 4.20. The van der Waals surface area contributed by atoms with Crippen molar-refractivity contribution in [3.05, 3.63) is 78.1 Å². The van der Waals surface area contributed by atoms with Crippen LogP contribution in [0, 0.1) is 12.8 Å². The molecule has 1 fully saturated rings. The standard InChI is InChI=1S/C27H32N4O2/c1-20-8-6-7-11-24(20)33-27-25(28-16-17-29-27)31-18-14-23(15-19-31)26(32)30-21(2)12-13-22-9-4-3-5-10-22/h3-11,16-17,21,23H,12-15,18-19H2,1-2H3,(H,30,32)/t21-/m1/s1. The number of aromatic nitrogens is 2. The van der Waals surface area contributed by atoms with Gasteiger partial charge in [0.05, 0.1) is 0 Å². The maximum Gasteiger partial charge on any atom is 0.263 e. The van der Waals surface area contributed by atoms with E-state index in [-0.39, 0.29) is 17.9 Å². The Bertz CT molecular complexity index is 1050. The summed E-state index contributed by atoms with van der Waals surface area (Å²) in [5.41, 5.74) is 2.35. The summed E-state index contributed by atoms with van der Waals surface area (Å²) in [6.07, 6.45) is 6.82. The van der Waals surface area contributed by atoms with Gasteiger partial charge in [0.15, 0.2) is 5.82 Å². The summed E-state index contributed by atoms with van der Waals surface area (Å²) in [6.45, 7) is 5.60. The molecule has 1 aromatic heterocycles. The molecule has 1 saturated heterocycles. The molecule has 0 saturated carbocycles. The quantitative estimate of drug-likeness (QED) is 0.534. The highest BCUT2D eigenvalue weighted by atomic mass is 16.5. The lowest BCUT2D eigenvalue weighted by atomic mass is 9.95. The van der Waals surface area contributed by atoms with E-state index in [1.807, 2.05) is 37.3 Å². The van der Waals surface area contributed by atoms with E-state index in [4.69, 9.17) is 4.74 Å². The number of anilines is 1. The molecule has 172 valence electrons. The topological polar surface area (TPSA) is 67.4 Å². The summed E-state index contributed by atoms with van der Waals surface area (Å²) in [5.74, 6) is 2.20. The number of benzene rings is 2. The molecule has 2 aromatic carbocycles. The van der Waals surface area contributed by atoms with E-state index in [1.54, 1.807) is 12.4 Å². The molecule has 0 radical (unpaired) electrons. The van der Waals surface area contributed by atoms with E-state index < -0.39 is 0 Å². The molecule has 1 aliphatic rings. The first kappa shape index (κ1) is 22.8. The maximum atomic E-state index is 12.8. The number of hydrogen-bond donors (Lipinski definition) is 1. The van der Waals surface area contributed by atoms with E-state index in [0.29, 0.717) is 5.88 Å². The Labute approximate surface area is 196 Å². The fraction of sp³-hybridized carbons (Fsp3) is 0.370. The lowest BCUT2D eigenvalue weighted by molar-refractivity contribution is -0.126. The van der Waals surface area contributed by atoms with E-state index >= 15 is 0 Å². The van der Waals surface area contributed by atoms with Crippen molar-refractivity contribution < 1.29 is 9.53 Å². The van der Waals surface area contributed by atoms with Gasteiger partial charge in [0.25, 0.3) is 5.88 Å². The second-order valence-corrected chi connectivity index (χ2v) is 8.75. The summed E-state index contributed by atoms with van der Waals surface area (Å²) in [4.78, 5) is 24.0. The Morgan fingerprint density at radius 3 is 2.52 bits per heavy atom. The molecule has 4 rings (SSSR count). The zero-order valence-electron chi connectivity index (χ0n) is 19.4. The number of carbonyl (C=O) groups is 1. The van der Waals surface area contributed by atoms with Gasteiger partial charge in [-0.25, -0.2) is 9.97 Å². The number of hydrogen-bond acceptors (Lipinski definition) is 5. The maximum absolute atomic E-state index is 12.8. The molecule has 3 aromatic rings. The molecule has 0 spiro atoms. The number of aryl methyl sites for hydroxylation is 2. The van der Waals surface area contributed by atoms with E-state index in [9.17, 15) is 4.79 Å². The Morgan fingerprint density at radius 2 is 1.76 bits per heavy atom. The fourth-order valence-electron chi connectivity index (χ4n) is 4.20. The number of carbonyl (C=O) groups excluding carboxylic acids is 1. The van der Waals surface area contributed by atoms with Crippen molar-refractivity contribution >= 4 is 11.7 Å². The molecule has 1 N–H and O–H groups in total. The van der Waals surface area contributed by atoms with Gasteiger partial charge in [0.2, 0.25) is 5.91 Å². The van der Waals surface area contributed by atoms with Crippen molar-refractivity contribution in [1.29, 1.82) is 0 Å². The lowest BCUT2D eigenvalue weighted by Gasteiger charge is -2.33. The SMILES string of the molecule is Cc1ccccc1Oc1nccnc1N1CCC(C(=O)N[C@H](C)CCc2ccccc2)CC1. The smallest absolute Gasteiger partial charge is 0.263 e. The van der Waals surface area contributed by atoms with Gasteiger partial charge in [-0.05, 0) is 56.7 Å². The van der Waals surface area contributed by atoms with E-state index in [0.717, 1.165) is 55.9 Å². The highest BCUT2D eigenvalue weighted by molar-refractivity contribution is 5.79. The van der Waals surface area contributed by atoms with Crippen molar-refractivity contribution in [2.24, 2.45) is 5.92 Å². The molecular formula is C27H32N4O2. The van der Waals surface area contributed by atoms with Gasteiger partial charge in [-0.15, -0.1) is 0 Å². The van der Waals surface area contributed by atoms with Crippen LogP contribution in [0.1, 0.15) is 37.3 Å².